The number of nitrogens with zero attached hydrogens (tertiary/aromatic N) is 3. The number of ether oxygens (including phenoxy) is 2. The molecule has 25 heavy (non-hydrogen) atoms. The number of aryl methyl sites for hydroxylation is 1. The smallest absolute Gasteiger partial charge is 0.128 e. The van der Waals surface area contributed by atoms with Crippen molar-refractivity contribution >= 4 is 21.8 Å². The molecule has 3 heterocycles. The molecule has 1 atom stereocenters. The fraction of sp³-hybridized carbons (Fsp3) is 0.333. The van der Waals surface area contributed by atoms with E-state index in [-0.39, 0.29) is 5.75 Å². The maximum atomic E-state index is 12.7. The minimum Gasteiger partial charge on any atom is -0.496 e. The Morgan fingerprint density at radius 2 is 2.20 bits per heavy atom. The molecule has 0 spiro atoms. The van der Waals surface area contributed by atoms with Crippen LogP contribution in [0.15, 0.2) is 23.5 Å². The van der Waals surface area contributed by atoms with E-state index >= 15 is 0 Å². The topological polar surface area (TPSA) is 75.4 Å². The predicted octanol–water partition coefficient (Wildman–Crippen LogP) is 2.46. The molecule has 0 saturated heterocycles. The van der Waals surface area contributed by atoms with Crippen molar-refractivity contribution in [2.24, 2.45) is 0 Å². The molecule has 4 rings (SSSR count). The zero-order chi connectivity index (χ0) is 17.6. The first-order valence-electron chi connectivity index (χ1n) is 8.04. The van der Waals surface area contributed by atoms with Crippen molar-refractivity contribution in [2.75, 3.05) is 13.7 Å². The molecule has 0 N–H and O–H groups in total. The Balaban J connectivity index is 1.64. The molecule has 3 aromatic rings. The first-order chi connectivity index (χ1) is 12.1. The molecule has 130 valence electrons. The van der Waals surface area contributed by atoms with Crippen LogP contribution in [0.1, 0.15) is 22.4 Å². The molecule has 7 heteroatoms. The summed E-state index contributed by atoms with van der Waals surface area (Å²) < 4.78 is 23.7. The molecule has 0 amide bonds. The van der Waals surface area contributed by atoms with Gasteiger partial charge in [0.05, 0.1) is 36.0 Å². The Labute approximate surface area is 148 Å². The van der Waals surface area contributed by atoms with Crippen LogP contribution in [0.4, 0.5) is 0 Å². The number of imidazole rings is 1. The van der Waals surface area contributed by atoms with Crippen molar-refractivity contribution < 1.29 is 13.7 Å². The number of hydrogen-bond donors (Lipinski definition) is 0. The third kappa shape index (κ3) is 2.78. The fourth-order valence-corrected chi connectivity index (χ4v) is 4.19. The lowest BCUT2D eigenvalue weighted by Crippen LogP contribution is -2.05. The monoisotopic (exact) mass is 356 g/mol. The third-order valence-corrected chi connectivity index (χ3v) is 5.57. The Bertz CT molecular complexity index is 956. The fourth-order valence-electron chi connectivity index (χ4n) is 3.12. The highest BCUT2D eigenvalue weighted by atomic mass is 32.2. The third-order valence-electron chi connectivity index (χ3n) is 4.44. The van der Waals surface area contributed by atoms with Crippen LogP contribution in [0.25, 0.3) is 11.0 Å². The number of benzene rings is 1. The first-order valence-corrected chi connectivity index (χ1v) is 9.36. The maximum absolute atomic E-state index is 12.7. The van der Waals surface area contributed by atoms with Crippen LogP contribution in [0.5, 0.6) is 11.5 Å². The van der Waals surface area contributed by atoms with Gasteiger partial charge in [0.25, 0.3) is 0 Å². The van der Waals surface area contributed by atoms with Crippen molar-refractivity contribution in [3.63, 3.8) is 0 Å². The van der Waals surface area contributed by atoms with Crippen LogP contribution in [-0.4, -0.2) is 27.9 Å². The van der Waals surface area contributed by atoms with Gasteiger partial charge in [-0.05, 0) is 36.5 Å². The van der Waals surface area contributed by atoms with Gasteiger partial charge in [-0.15, -0.1) is 0 Å². The SMILES string of the molecule is COc1c(C)cnc(CS(=O)c2nc3cc4c(cc3[n-]2)OCC4)c1C. The lowest BCUT2D eigenvalue weighted by molar-refractivity contribution is 0.357. The second-order valence-electron chi connectivity index (χ2n) is 6.09. The molecule has 1 aliphatic rings. The van der Waals surface area contributed by atoms with Gasteiger partial charge in [-0.3, -0.25) is 9.19 Å². The average Bonchev–Trinajstić information content (AvgIpc) is 3.21. The Kier molecular flexibility index (Phi) is 3.95. The Hall–Kier alpha value is -2.41. The van der Waals surface area contributed by atoms with Crippen LogP contribution in [-0.2, 0) is 23.0 Å². The van der Waals surface area contributed by atoms with E-state index in [9.17, 15) is 4.21 Å². The van der Waals surface area contributed by atoms with Gasteiger partial charge < -0.3 is 19.4 Å². The largest absolute Gasteiger partial charge is 0.496 e. The van der Waals surface area contributed by atoms with Gasteiger partial charge in [-0.25, -0.2) is 0 Å². The first kappa shape index (κ1) is 16.1. The van der Waals surface area contributed by atoms with Gasteiger partial charge in [0.2, 0.25) is 0 Å². The molecule has 1 aliphatic heterocycles. The molecule has 0 radical (unpaired) electrons. The average molecular weight is 356 g/mol. The van der Waals surface area contributed by atoms with E-state index in [0.717, 1.165) is 51.3 Å². The number of hydrogen-bond acceptors (Lipinski definition) is 5. The zero-order valence-electron chi connectivity index (χ0n) is 14.3. The minimum absolute atomic E-state index is 0.259. The lowest BCUT2D eigenvalue weighted by atomic mass is 10.1. The molecular weight excluding hydrogens is 338 g/mol. The molecule has 1 aromatic carbocycles. The van der Waals surface area contributed by atoms with E-state index in [1.54, 1.807) is 13.3 Å². The summed E-state index contributed by atoms with van der Waals surface area (Å²) in [7, 11) is 0.257. The van der Waals surface area contributed by atoms with E-state index in [4.69, 9.17) is 9.47 Å². The van der Waals surface area contributed by atoms with Gasteiger partial charge in [0.1, 0.15) is 11.5 Å². The van der Waals surface area contributed by atoms with Crippen LogP contribution in [0.3, 0.4) is 0 Å². The molecule has 2 aromatic heterocycles. The highest BCUT2D eigenvalue weighted by Gasteiger charge is 2.15. The molecular formula is C18H18N3O3S-. The summed E-state index contributed by atoms with van der Waals surface area (Å²) in [5.74, 6) is 1.89. The molecule has 0 fully saturated rings. The van der Waals surface area contributed by atoms with Crippen molar-refractivity contribution in [2.45, 2.75) is 31.2 Å². The van der Waals surface area contributed by atoms with Gasteiger partial charge in [-0.2, -0.15) is 0 Å². The molecule has 1 unspecified atom stereocenters. The summed E-state index contributed by atoms with van der Waals surface area (Å²) in [6.45, 7) is 4.56. The summed E-state index contributed by atoms with van der Waals surface area (Å²) in [4.78, 5) is 13.3. The van der Waals surface area contributed by atoms with E-state index in [1.165, 1.54) is 0 Å². The number of aromatic nitrogens is 3. The van der Waals surface area contributed by atoms with Crippen molar-refractivity contribution in [3.05, 3.63) is 40.7 Å². The van der Waals surface area contributed by atoms with E-state index in [2.05, 4.69) is 15.0 Å². The van der Waals surface area contributed by atoms with Crippen LogP contribution < -0.4 is 14.5 Å². The summed E-state index contributed by atoms with van der Waals surface area (Å²) in [6.07, 6.45) is 2.62. The quantitative estimate of drug-likeness (QED) is 0.715. The molecule has 0 bridgehead atoms. The number of methoxy groups -OCH3 is 1. The van der Waals surface area contributed by atoms with Crippen molar-refractivity contribution in [1.29, 1.82) is 0 Å². The van der Waals surface area contributed by atoms with E-state index in [0.29, 0.717) is 11.8 Å². The van der Waals surface area contributed by atoms with Crippen LogP contribution in [0, 0.1) is 13.8 Å². The Morgan fingerprint density at radius 1 is 1.36 bits per heavy atom. The van der Waals surface area contributed by atoms with Crippen molar-refractivity contribution in [1.82, 2.24) is 15.0 Å². The Morgan fingerprint density at radius 3 is 3.00 bits per heavy atom. The number of rotatable bonds is 4. The van der Waals surface area contributed by atoms with Gasteiger partial charge in [0, 0.05) is 28.9 Å². The number of fused-ring (bicyclic) bond motifs is 2. The second kappa shape index (κ2) is 6.15. The predicted molar refractivity (Wildman–Crippen MR) is 94.6 cm³/mol. The standard InChI is InChI=1S/C18H18N3O3S/c1-10-8-19-15(11(2)17(10)23-3)9-25(22)18-20-13-6-12-4-5-24-16(12)7-14(13)21-18/h6-8H,4-5,9H2,1-3H3/q-1. The summed E-state index contributed by atoms with van der Waals surface area (Å²) in [5, 5.41) is 0.333. The van der Waals surface area contributed by atoms with E-state index in [1.807, 2.05) is 26.0 Å². The van der Waals surface area contributed by atoms with Crippen LogP contribution >= 0.6 is 0 Å². The molecule has 0 saturated carbocycles. The normalized spacial score (nSPS) is 14.4. The minimum atomic E-state index is -1.37. The molecule has 0 aliphatic carbocycles. The summed E-state index contributed by atoms with van der Waals surface area (Å²) in [6, 6.07) is 3.85. The maximum Gasteiger partial charge on any atom is 0.128 e. The van der Waals surface area contributed by atoms with Crippen LogP contribution in [0.2, 0.25) is 0 Å². The van der Waals surface area contributed by atoms with E-state index < -0.39 is 10.8 Å². The second-order valence-corrected chi connectivity index (χ2v) is 7.43. The highest BCUT2D eigenvalue weighted by molar-refractivity contribution is 7.84. The van der Waals surface area contributed by atoms with Gasteiger partial charge in [-0.1, -0.05) is 6.07 Å². The summed E-state index contributed by atoms with van der Waals surface area (Å²) >= 11 is 0. The zero-order valence-corrected chi connectivity index (χ0v) is 15.1. The number of pyridine rings is 1. The highest BCUT2D eigenvalue weighted by Crippen LogP contribution is 2.30. The summed E-state index contributed by atoms with van der Waals surface area (Å²) in [5.41, 5.74) is 5.21. The molecule has 6 nitrogen and oxygen atoms in total. The van der Waals surface area contributed by atoms with Gasteiger partial charge >= 0.3 is 0 Å². The van der Waals surface area contributed by atoms with Gasteiger partial charge in [0.15, 0.2) is 0 Å². The lowest BCUT2D eigenvalue weighted by Gasteiger charge is -2.12. The van der Waals surface area contributed by atoms with Crippen molar-refractivity contribution in [3.8, 4) is 11.5 Å².